The van der Waals surface area contributed by atoms with Crippen LogP contribution in [0.5, 0.6) is 5.75 Å². The summed E-state index contributed by atoms with van der Waals surface area (Å²) in [6.45, 7) is 1.64. The number of hydrogen-bond donors (Lipinski definition) is 1. The Morgan fingerprint density at radius 2 is 2.00 bits per heavy atom. The molecule has 2 fully saturated rings. The second-order valence-electron chi connectivity index (χ2n) is 7.54. The minimum Gasteiger partial charge on any atom is -0.497 e. The van der Waals surface area contributed by atoms with E-state index in [4.69, 9.17) is 4.74 Å². The molecule has 2 heterocycles. The molecule has 0 saturated carbocycles. The molecule has 1 unspecified atom stereocenters. The van der Waals surface area contributed by atoms with Crippen LogP contribution >= 0.6 is 0 Å². The fourth-order valence-electron chi connectivity index (χ4n) is 3.82. The summed E-state index contributed by atoms with van der Waals surface area (Å²) in [5.74, 6) is -2.45. The van der Waals surface area contributed by atoms with Crippen molar-refractivity contribution >= 4 is 17.5 Å². The lowest BCUT2D eigenvalue weighted by Crippen LogP contribution is -2.49. The molecule has 0 radical (unpaired) electrons. The number of likely N-dealkylation sites (tertiary alicyclic amines) is 2. The van der Waals surface area contributed by atoms with Crippen LogP contribution in [0.2, 0.25) is 0 Å². The number of alkyl halides is 2. The fourth-order valence-corrected chi connectivity index (χ4v) is 3.82. The number of nitrogens with zero attached hydrogens (tertiary/aromatic N) is 2. The number of nitrogens with one attached hydrogen (secondary N) is 1. The summed E-state index contributed by atoms with van der Waals surface area (Å²) >= 11 is 0. The Labute approximate surface area is 163 Å². The first kappa shape index (κ1) is 20.5. The van der Waals surface area contributed by atoms with E-state index < -0.39 is 5.92 Å². The van der Waals surface area contributed by atoms with E-state index in [0.29, 0.717) is 18.0 Å². The Morgan fingerprint density at radius 1 is 1.25 bits per heavy atom. The van der Waals surface area contributed by atoms with Crippen molar-refractivity contribution in [2.24, 2.45) is 5.92 Å². The Morgan fingerprint density at radius 3 is 2.71 bits per heavy atom. The summed E-state index contributed by atoms with van der Waals surface area (Å²) < 4.78 is 31.8. The summed E-state index contributed by atoms with van der Waals surface area (Å²) in [7, 11) is 1.56. The molecule has 2 aliphatic rings. The maximum Gasteiger partial charge on any atom is 0.251 e. The van der Waals surface area contributed by atoms with E-state index in [0.717, 1.165) is 19.4 Å². The van der Waals surface area contributed by atoms with Crippen LogP contribution in [0.25, 0.3) is 0 Å². The molecule has 0 aliphatic carbocycles. The molecular weight excluding hydrogens is 368 g/mol. The van der Waals surface area contributed by atoms with Crippen molar-refractivity contribution < 1.29 is 23.1 Å². The minimum atomic E-state index is -2.66. The van der Waals surface area contributed by atoms with Crippen molar-refractivity contribution in [2.75, 3.05) is 45.2 Å². The minimum absolute atomic E-state index is 0.0617. The van der Waals surface area contributed by atoms with Gasteiger partial charge in [-0.05, 0) is 31.5 Å². The van der Waals surface area contributed by atoms with Crippen molar-refractivity contribution in [3.8, 4) is 5.75 Å². The van der Waals surface area contributed by atoms with Gasteiger partial charge in [-0.3, -0.25) is 14.5 Å². The monoisotopic (exact) mass is 395 g/mol. The maximum absolute atomic E-state index is 13.3. The van der Waals surface area contributed by atoms with Crippen LogP contribution in [0, 0.1) is 5.92 Å². The molecule has 0 spiro atoms. The van der Waals surface area contributed by atoms with E-state index in [9.17, 15) is 18.4 Å². The topological polar surface area (TPSA) is 61.9 Å². The third kappa shape index (κ3) is 5.41. The van der Waals surface area contributed by atoms with E-state index >= 15 is 0 Å². The maximum atomic E-state index is 13.3. The standard InChI is InChI=1S/C20H27F2N3O3/c1-28-17-6-2-5-16(12-17)23-18(26)14-24-9-3-4-15(13-24)19(27)25-10-7-20(21,22)8-11-25/h2,5-6,12,15H,3-4,7-11,13-14H2,1H3,(H,23,26). The summed E-state index contributed by atoms with van der Waals surface area (Å²) in [6, 6.07) is 7.13. The van der Waals surface area contributed by atoms with Gasteiger partial charge in [-0.15, -0.1) is 0 Å². The average molecular weight is 395 g/mol. The third-order valence-electron chi connectivity index (χ3n) is 5.38. The molecule has 1 aromatic rings. The fraction of sp³-hybridized carbons (Fsp3) is 0.600. The van der Waals surface area contributed by atoms with E-state index in [1.807, 2.05) is 4.90 Å². The number of carbonyl (C=O) groups is 2. The van der Waals surface area contributed by atoms with Crippen LogP contribution < -0.4 is 10.1 Å². The molecule has 3 rings (SSSR count). The lowest BCUT2D eigenvalue weighted by molar-refractivity contribution is -0.143. The Hall–Kier alpha value is -2.22. The highest BCUT2D eigenvalue weighted by Gasteiger charge is 2.38. The van der Waals surface area contributed by atoms with Gasteiger partial charge in [-0.25, -0.2) is 8.78 Å². The quantitative estimate of drug-likeness (QED) is 0.833. The van der Waals surface area contributed by atoms with E-state index in [1.165, 1.54) is 0 Å². The number of methoxy groups -OCH3 is 1. The van der Waals surface area contributed by atoms with Crippen LogP contribution in [0.4, 0.5) is 14.5 Å². The number of carbonyl (C=O) groups excluding carboxylic acids is 2. The first-order chi connectivity index (χ1) is 13.4. The van der Waals surface area contributed by atoms with Gasteiger partial charge < -0.3 is 15.0 Å². The molecule has 154 valence electrons. The Balaban J connectivity index is 1.50. The van der Waals surface area contributed by atoms with Gasteiger partial charge in [0.2, 0.25) is 11.8 Å². The highest BCUT2D eigenvalue weighted by atomic mass is 19.3. The zero-order valence-corrected chi connectivity index (χ0v) is 16.1. The van der Waals surface area contributed by atoms with Crippen molar-refractivity contribution in [3.05, 3.63) is 24.3 Å². The number of halogens is 2. The van der Waals surface area contributed by atoms with Crippen LogP contribution in [0.1, 0.15) is 25.7 Å². The number of piperidine rings is 2. The van der Waals surface area contributed by atoms with Gasteiger partial charge in [-0.1, -0.05) is 6.07 Å². The number of anilines is 1. The molecule has 0 bridgehead atoms. The van der Waals surface area contributed by atoms with E-state index in [2.05, 4.69) is 5.32 Å². The molecule has 8 heteroatoms. The number of amides is 2. The first-order valence-electron chi connectivity index (χ1n) is 9.69. The van der Waals surface area contributed by atoms with Crippen molar-refractivity contribution in [3.63, 3.8) is 0 Å². The lowest BCUT2D eigenvalue weighted by atomic mass is 9.95. The second-order valence-corrected chi connectivity index (χ2v) is 7.54. The van der Waals surface area contributed by atoms with Crippen LogP contribution in [-0.4, -0.2) is 67.4 Å². The predicted octanol–water partition coefficient (Wildman–Crippen LogP) is 2.60. The molecule has 6 nitrogen and oxygen atoms in total. The van der Waals surface area contributed by atoms with Crippen LogP contribution in [0.3, 0.4) is 0 Å². The first-order valence-corrected chi connectivity index (χ1v) is 9.69. The SMILES string of the molecule is COc1cccc(NC(=O)CN2CCCC(C(=O)N3CCC(F)(F)CC3)C2)c1. The zero-order chi connectivity index (χ0) is 20.1. The van der Waals surface area contributed by atoms with E-state index in [1.54, 1.807) is 36.3 Å². The molecule has 1 atom stereocenters. The lowest BCUT2D eigenvalue weighted by Gasteiger charge is -2.37. The average Bonchev–Trinajstić information content (AvgIpc) is 2.67. The smallest absolute Gasteiger partial charge is 0.251 e. The van der Waals surface area contributed by atoms with Crippen LogP contribution in [-0.2, 0) is 9.59 Å². The Bertz CT molecular complexity index is 704. The molecule has 2 amide bonds. The summed E-state index contributed by atoms with van der Waals surface area (Å²) in [4.78, 5) is 28.6. The molecule has 0 aromatic heterocycles. The molecule has 28 heavy (non-hydrogen) atoms. The van der Waals surface area contributed by atoms with Gasteiger partial charge in [0.25, 0.3) is 5.92 Å². The van der Waals surface area contributed by atoms with Gasteiger partial charge in [0.05, 0.1) is 19.6 Å². The number of benzene rings is 1. The van der Waals surface area contributed by atoms with Gasteiger partial charge in [0.1, 0.15) is 5.75 Å². The van der Waals surface area contributed by atoms with Crippen molar-refractivity contribution in [1.29, 1.82) is 0 Å². The van der Waals surface area contributed by atoms with Crippen molar-refractivity contribution in [1.82, 2.24) is 9.80 Å². The normalized spacial score (nSPS) is 22.5. The van der Waals surface area contributed by atoms with Crippen LogP contribution in [0.15, 0.2) is 24.3 Å². The van der Waals surface area contributed by atoms with Crippen molar-refractivity contribution in [2.45, 2.75) is 31.6 Å². The second kappa shape index (κ2) is 8.86. The summed E-state index contributed by atoms with van der Waals surface area (Å²) in [6.07, 6.45) is 1.02. The molecular formula is C20H27F2N3O3. The molecule has 1 aromatic carbocycles. The van der Waals surface area contributed by atoms with Gasteiger partial charge >= 0.3 is 0 Å². The number of hydrogen-bond acceptors (Lipinski definition) is 4. The highest BCUT2D eigenvalue weighted by molar-refractivity contribution is 5.92. The molecule has 2 saturated heterocycles. The highest BCUT2D eigenvalue weighted by Crippen LogP contribution is 2.29. The van der Waals surface area contributed by atoms with Gasteiger partial charge in [-0.2, -0.15) is 0 Å². The van der Waals surface area contributed by atoms with Gasteiger partial charge in [0, 0.05) is 44.2 Å². The van der Waals surface area contributed by atoms with Gasteiger partial charge in [0.15, 0.2) is 0 Å². The predicted molar refractivity (Wildman–Crippen MR) is 102 cm³/mol. The summed E-state index contributed by atoms with van der Waals surface area (Å²) in [5, 5.41) is 2.84. The molecule has 1 N–H and O–H groups in total. The largest absolute Gasteiger partial charge is 0.497 e. The Kier molecular flexibility index (Phi) is 6.49. The van der Waals surface area contributed by atoms with E-state index in [-0.39, 0.29) is 50.2 Å². The zero-order valence-electron chi connectivity index (χ0n) is 16.1. The number of rotatable bonds is 5. The molecule has 2 aliphatic heterocycles. The summed E-state index contributed by atoms with van der Waals surface area (Å²) in [5.41, 5.74) is 0.656. The third-order valence-corrected chi connectivity index (χ3v) is 5.38. The number of ether oxygens (including phenoxy) is 1.